The second-order valence-corrected chi connectivity index (χ2v) is 5.18. The maximum Gasteiger partial charge on any atom is 0.325 e. The number of nitrogens with zero attached hydrogens (tertiary/aromatic N) is 3. The number of aromatic hydroxyl groups is 1. The van der Waals surface area contributed by atoms with Gasteiger partial charge in [0, 0.05) is 10.8 Å². The first-order valence-electron chi connectivity index (χ1n) is 7.42. The van der Waals surface area contributed by atoms with Gasteiger partial charge in [-0.25, -0.2) is 9.50 Å². The van der Waals surface area contributed by atoms with Gasteiger partial charge < -0.3 is 15.2 Å². The molecule has 0 spiro atoms. The van der Waals surface area contributed by atoms with Crippen LogP contribution in [0, 0.1) is 6.92 Å². The van der Waals surface area contributed by atoms with E-state index in [0.717, 1.165) is 10.9 Å². The maximum atomic E-state index is 12.4. The quantitative estimate of drug-likeness (QED) is 0.697. The van der Waals surface area contributed by atoms with Crippen LogP contribution in [0.4, 0.5) is 0 Å². The number of aryl methyl sites for hydroxylation is 1. The highest BCUT2D eigenvalue weighted by atomic mass is 16.5. The van der Waals surface area contributed by atoms with Gasteiger partial charge >= 0.3 is 5.97 Å². The monoisotopic (exact) mass is 328 g/mol. The summed E-state index contributed by atoms with van der Waals surface area (Å²) in [6.45, 7) is 3.49. The average Bonchev–Trinajstić information content (AvgIpc) is 3.02. The Balaban J connectivity index is 2.10. The number of amides is 1. The molecule has 1 amide bonds. The van der Waals surface area contributed by atoms with Gasteiger partial charge in [0.25, 0.3) is 5.91 Å². The molecular weight excluding hydrogens is 312 g/mol. The molecule has 0 aliphatic rings. The SMILES string of the molecule is CCOC(=O)CNC(=O)c1c(O)c2cccc(C)c2c2ncnn12. The summed E-state index contributed by atoms with van der Waals surface area (Å²) >= 11 is 0. The number of hydrogen-bond acceptors (Lipinski definition) is 6. The van der Waals surface area contributed by atoms with Crippen LogP contribution in [0.1, 0.15) is 23.0 Å². The zero-order valence-corrected chi connectivity index (χ0v) is 13.2. The molecule has 3 aromatic rings. The Kier molecular flexibility index (Phi) is 4.03. The minimum Gasteiger partial charge on any atom is -0.505 e. The fraction of sp³-hybridized carbons (Fsp3) is 0.250. The molecule has 0 saturated carbocycles. The van der Waals surface area contributed by atoms with Crippen molar-refractivity contribution in [3.63, 3.8) is 0 Å². The lowest BCUT2D eigenvalue weighted by molar-refractivity contribution is -0.141. The van der Waals surface area contributed by atoms with Crippen LogP contribution in [0.25, 0.3) is 16.4 Å². The fourth-order valence-electron chi connectivity index (χ4n) is 2.62. The van der Waals surface area contributed by atoms with Crippen LogP contribution in [0.5, 0.6) is 5.75 Å². The molecule has 8 heteroatoms. The number of ether oxygens (including phenoxy) is 1. The number of pyridine rings is 1. The number of carbonyl (C=O) groups is 2. The molecule has 0 radical (unpaired) electrons. The number of rotatable bonds is 4. The highest BCUT2D eigenvalue weighted by Crippen LogP contribution is 2.32. The van der Waals surface area contributed by atoms with Crippen LogP contribution >= 0.6 is 0 Å². The van der Waals surface area contributed by atoms with Gasteiger partial charge in [0.15, 0.2) is 17.1 Å². The predicted molar refractivity (Wildman–Crippen MR) is 85.9 cm³/mol. The molecular formula is C16H16N4O4. The van der Waals surface area contributed by atoms with Gasteiger partial charge in [0.05, 0.1) is 6.61 Å². The lowest BCUT2D eigenvalue weighted by Crippen LogP contribution is -2.32. The van der Waals surface area contributed by atoms with Gasteiger partial charge in [-0.2, -0.15) is 5.10 Å². The van der Waals surface area contributed by atoms with Crippen molar-refractivity contribution in [1.82, 2.24) is 19.9 Å². The van der Waals surface area contributed by atoms with Crippen LogP contribution in [0.15, 0.2) is 24.5 Å². The molecule has 0 saturated heterocycles. The molecule has 0 aliphatic carbocycles. The highest BCUT2D eigenvalue weighted by molar-refractivity contribution is 6.08. The Labute approximate surface area is 137 Å². The molecule has 8 nitrogen and oxygen atoms in total. The van der Waals surface area contributed by atoms with E-state index in [1.165, 1.54) is 10.8 Å². The average molecular weight is 328 g/mol. The molecule has 2 aromatic heterocycles. The number of aromatic nitrogens is 3. The molecule has 2 heterocycles. The Morgan fingerprint density at radius 1 is 1.38 bits per heavy atom. The van der Waals surface area contributed by atoms with Gasteiger partial charge in [-0.05, 0) is 19.4 Å². The first-order valence-corrected chi connectivity index (χ1v) is 7.42. The Hall–Kier alpha value is -3.16. The van der Waals surface area contributed by atoms with E-state index in [1.807, 2.05) is 13.0 Å². The smallest absolute Gasteiger partial charge is 0.325 e. The van der Waals surface area contributed by atoms with Gasteiger partial charge in [-0.1, -0.05) is 18.2 Å². The fourth-order valence-corrected chi connectivity index (χ4v) is 2.62. The third-order valence-corrected chi connectivity index (χ3v) is 3.65. The first-order chi connectivity index (χ1) is 11.5. The third-order valence-electron chi connectivity index (χ3n) is 3.65. The van der Waals surface area contributed by atoms with E-state index in [0.29, 0.717) is 11.0 Å². The molecule has 0 aliphatic heterocycles. The van der Waals surface area contributed by atoms with Crippen molar-refractivity contribution in [3.05, 3.63) is 35.8 Å². The van der Waals surface area contributed by atoms with Gasteiger partial charge in [0.2, 0.25) is 0 Å². The summed E-state index contributed by atoms with van der Waals surface area (Å²) in [4.78, 5) is 28.0. The maximum absolute atomic E-state index is 12.4. The van der Waals surface area contributed by atoms with Gasteiger partial charge in [0.1, 0.15) is 12.9 Å². The van der Waals surface area contributed by atoms with E-state index in [4.69, 9.17) is 4.74 Å². The van der Waals surface area contributed by atoms with E-state index >= 15 is 0 Å². The summed E-state index contributed by atoms with van der Waals surface area (Å²) < 4.78 is 6.03. The molecule has 0 fully saturated rings. The summed E-state index contributed by atoms with van der Waals surface area (Å²) in [5.41, 5.74) is 1.28. The van der Waals surface area contributed by atoms with Crippen molar-refractivity contribution in [3.8, 4) is 5.75 Å². The molecule has 3 rings (SSSR count). The second-order valence-electron chi connectivity index (χ2n) is 5.18. The normalized spacial score (nSPS) is 10.9. The minimum absolute atomic E-state index is 0.0788. The molecule has 0 bridgehead atoms. The highest BCUT2D eigenvalue weighted by Gasteiger charge is 2.22. The van der Waals surface area contributed by atoms with E-state index in [1.54, 1.807) is 19.1 Å². The Morgan fingerprint density at radius 2 is 2.17 bits per heavy atom. The van der Waals surface area contributed by atoms with Crippen molar-refractivity contribution in [1.29, 1.82) is 0 Å². The molecule has 124 valence electrons. The third kappa shape index (κ3) is 2.51. The summed E-state index contributed by atoms with van der Waals surface area (Å²) in [5.74, 6) is -1.41. The lowest BCUT2D eigenvalue weighted by Gasteiger charge is -2.12. The summed E-state index contributed by atoms with van der Waals surface area (Å²) in [6.07, 6.45) is 1.31. The van der Waals surface area contributed by atoms with E-state index < -0.39 is 11.9 Å². The topological polar surface area (TPSA) is 106 Å². The van der Waals surface area contributed by atoms with Gasteiger partial charge in [-0.3, -0.25) is 9.59 Å². The lowest BCUT2D eigenvalue weighted by atomic mass is 10.0. The van der Waals surface area contributed by atoms with Crippen molar-refractivity contribution in [2.45, 2.75) is 13.8 Å². The largest absolute Gasteiger partial charge is 0.505 e. The van der Waals surface area contributed by atoms with Crippen molar-refractivity contribution in [2.75, 3.05) is 13.2 Å². The summed E-state index contributed by atoms with van der Waals surface area (Å²) in [5, 5.41) is 18.2. The molecule has 2 N–H and O–H groups in total. The zero-order chi connectivity index (χ0) is 17.3. The molecule has 0 unspecified atom stereocenters. The summed E-state index contributed by atoms with van der Waals surface area (Å²) in [6, 6.07) is 5.37. The number of esters is 1. The van der Waals surface area contributed by atoms with Crippen LogP contribution in [-0.4, -0.2) is 44.7 Å². The summed E-state index contributed by atoms with van der Waals surface area (Å²) in [7, 11) is 0. The molecule has 24 heavy (non-hydrogen) atoms. The Morgan fingerprint density at radius 3 is 2.92 bits per heavy atom. The van der Waals surface area contributed by atoms with Crippen LogP contribution in [0.3, 0.4) is 0 Å². The Bertz CT molecular complexity index is 948. The van der Waals surface area contributed by atoms with Gasteiger partial charge in [-0.15, -0.1) is 0 Å². The second kappa shape index (κ2) is 6.15. The number of carbonyl (C=O) groups excluding carboxylic acids is 2. The van der Waals surface area contributed by atoms with E-state index in [9.17, 15) is 14.7 Å². The van der Waals surface area contributed by atoms with Crippen LogP contribution in [-0.2, 0) is 9.53 Å². The van der Waals surface area contributed by atoms with Crippen LogP contribution in [0.2, 0.25) is 0 Å². The molecule has 0 atom stereocenters. The number of fused-ring (bicyclic) bond motifs is 3. The van der Waals surface area contributed by atoms with Crippen molar-refractivity contribution >= 4 is 28.3 Å². The van der Waals surface area contributed by atoms with E-state index in [-0.39, 0.29) is 24.6 Å². The van der Waals surface area contributed by atoms with E-state index in [2.05, 4.69) is 15.4 Å². The zero-order valence-electron chi connectivity index (χ0n) is 13.2. The van der Waals surface area contributed by atoms with Crippen LogP contribution < -0.4 is 5.32 Å². The number of benzene rings is 1. The standard InChI is InChI=1S/C16H16N4O4/c1-3-24-11(21)7-17-16(23)13-14(22)10-6-4-5-9(2)12(10)15-18-8-19-20(13)15/h4-6,8,22H,3,7H2,1-2H3,(H,17,23). The van der Waals surface area contributed by atoms with Crippen molar-refractivity contribution in [2.24, 2.45) is 0 Å². The minimum atomic E-state index is -0.639. The number of hydrogen-bond donors (Lipinski definition) is 2. The van der Waals surface area contributed by atoms with Crippen molar-refractivity contribution < 1.29 is 19.4 Å². The number of nitrogens with one attached hydrogen (secondary N) is 1. The predicted octanol–water partition coefficient (Wildman–Crippen LogP) is 1.19. The molecule has 1 aromatic carbocycles. The first kappa shape index (κ1) is 15.7.